The number of nitrogens with one attached hydrogen (secondary N) is 1. The van der Waals surface area contributed by atoms with Crippen molar-refractivity contribution in [3.8, 4) is 0 Å². The number of anilines is 1. The first-order valence-corrected chi connectivity index (χ1v) is 7.65. The summed E-state index contributed by atoms with van der Waals surface area (Å²) in [5, 5.41) is 13.8. The van der Waals surface area contributed by atoms with Crippen LogP contribution in [0.25, 0.3) is 0 Å². The number of amides is 2. The highest BCUT2D eigenvalue weighted by atomic mass is 35.5. The lowest BCUT2D eigenvalue weighted by Gasteiger charge is -2.42. The number of nitrogens with zero attached hydrogens (tertiary/aromatic N) is 1. The SMILES string of the molecule is CC(C)(C)[C@@H]1CCN(C(=O)Nc2ccc(Cl)cc2)C[C@H]1O. The minimum atomic E-state index is -0.477. The first-order chi connectivity index (χ1) is 9.77. The smallest absolute Gasteiger partial charge is 0.321 e. The molecular formula is C16H23ClN2O2. The zero-order valence-corrected chi connectivity index (χ0v) is 13.5. The van der Waals surface area contributed by atoms with Crippen molar-refractivity contribution in [1.29, 1.82) is 0 Å². The number of β-amino-alcohol motifs (C(OH)–C–C–N with tert-alkyl or cyclic N) is 1. The molecule has 116 valence electrons. The number of carbonyl (C=O) groups excluding carboxylic acids is 1. The van der Waals surface area contributed by atoms with Crippen LogP contribution >= 0.6 is 11.6 Å². The number of hydrogen-bond donors (Lipinski definition) is 2. The fourth-order valence-electron chi connectivity index (χ4n) is 2.86. The highest BCUT2D eigenvalue weighted by Crippen LogP contribution is 2.34. The minimum Gasteiger partial charge on any atom is -0.391 e. The van der Waals surface area contributed by atoms with Gasteiger partial charge in [-0.1, -0.05) is 32.4 Å². The Balaban J connectivity index is 1.94. The molecule has 4 nitrogen and oxygen atoms in total. The zero-order chi connectivity index (χ0) is 15.6. The van der Waals surface area contributed by atoms with Gasteiger partial charge in [0.1, 0.15) is 0 Å². The van der Waals surface area contributed by atoms with Crippen molar-refractivity contribution in [2.75, 3.05) is 18.4 Å². The van der Waals surface area contributed by atoms with E-state index in [0.29, 0.717) is 23.8 Å². The minimum absolute atomic E-state index is 0.0537. The van der Waals surface area contributed by atoms with Crippen LogP contribution < -0.4 is 5.32 Å². The molecular weight excluding hydrogens is 288 g/mol. The largest absolute Gasteiger partial charge is 0.391 e. The standard InChI is InChI=1S/C16H23ClN2O2/c1-16(2,3)13-8-9-19(10-14(13)20)15(21)18-12-6-4-11(17)5-7-12/h4-7,13-14,20H,8-10H2,1-3H3,(H,18,21)/t13-,14-/m1/s1. The van der Waals surface area contributed by atoms with Crippen molar-refractivity contribution >= 4 is 23.3 Å². The van der Waals surface area contributed by atoms with E-state index < -0.39 is 6.10 Å². The molecule has 0 bridgehead atoms. The van der Waals surface area contributed by atoms with Crippen LogP contribution in [0.3, 0.4) is 0 Å². The van der Waals surface area contributed by atoms with E-state index in [1.807, 2.05) is 0 Å². The van der Waals surface area contributed by atoms with Gasteiger partial charge in [-0.2, -0.15) is 0 Å². The third-order valence-electron chi connectivity index (χ3n) is 4.08. The summed E-state index contributed by atoms with van der Waals surface area (Å²) < 4.78 is 0. The number of halogens is 1. The molecule has 2 atom stereocenters. The van der Waals surface area contributed by atoms with Gasteiger partial charge < -0.3 is 15.3 Å². The topological polar surface area (TPSA) is 52.6 Å². The van der Waals surface area contributed by atoms with E-state index in [0.717, 1.165) is 6.42 Å². The van der Waals surface area contributed by atoms with Crippen molar-refractivity contribution in [2.45, 2.75) is 33.3 Å². The van der Waals surface area contributed by atoms with Crippen molar-refractivity contribution in [1.82, 2.24) is 4.90 Å². The number of carbonyl (C=O) groups is 1. The predicted octanol–water partition coefficient (Wildman–Crippen LogP) is 3.60. The summed E-state index contributed by atoms with van der Waals surface area (Å²) in [5.74, 6) is 0.220. The number of benzene rings is 1. The van der Waals surface area contributed by atoms with Gasteiger partial charge in [-0.25, -0.2) is 4.79 Å². The average Bonchev–Trinajstić information content (AvgIpc) is 2.39. The van der Waals surface area contributed by atoms with Crippen LogP contribution in [0.4, 0.5) is 10.5 Å². The quantitative estimate of drug-likeness (QED) is 0.832. The van der Waals surface area contributed by atoms with Crippen LogP contribution in [-0.2, 0) is 0 Å². The maximum Gasteiger partial charge on any atom is 0.321 e. The average molecular weight is 311 g/mol. The van der Waals surface area contributed by atoms with Crippen LogP contribution in [0.5, 0.6) is 0 Å². The Morgan fingerprint density at radius 1 is 1.33 bits per heavy atom. The number of piperidine rings is 1. The molecule has 0 radical (unpaired) electrons. The molecule has 21 heavy (non-hydrogen) atoms. The third-order valence-corrected chi connectivity index (χ3v) is 4.33. The molecule has 1 fully saturated rings. The number of hydrogen-bond acceptors (Lipinski definition) is 2. The molecule has 0 saturated carbocycles. The molecule has 2 amide bonds. The normalized spacial score (nSPS) is 23.0. The molecule has 2 N–H and O–H groups in total. The summed E-state index contributed by atoms with van der Waals surface area (Å²) in [6.07, 6.45) is 0.341. The summed E-state index contributed by atoms with van der Waals surface area (Å²) in [6, 6.07) is 6.82. The number of aliphatic hydroxyl groups is 1. The van der Waals surface area contributed by atoms with Crippen molar-refractivity contribution in [2.24, 2.45) is 11.3 Å². The summed E-state index contributed by atoms with van der Waals surface area (Å²) in [6.45, 7) is 7.43. The second kappa shape index (κ2) is 6.24. The van der Waals surface area contributed by atoms with Gasteiger partial charge in [0.15, 0.2) is 0 Å². The number of aliphatic hydroxyl groups excluding tert-OH is 1. The predicted molar refractivity (Wildman–Crippen MR) is 85.6 cm³/mol. The van der Waals surface area contributed by atoms with Crippen LogP contribution in [0.2, 0.25) is 5.02 Å². The van der Waals surface area contributed by atoms with Crippen LogP contribution in [-0.4, -0.2) is 35.2 Å². The van der Waals surface area contributed by atoms with E-state index in [-0.39, 0.29) is 17.4 Å². The summed E-state index contributed by atoms with van der Waals surface area (Å²) in [7, 11) is 0. The van der Waals surface area contributed by atoms with Gasteiger partial charge in [0.25, 0.3) is 0 Å². The number of urea groups is 1. The van der Waals surface area contributed by atoms with Gasteiger partial charge in [0.2, 0.25) is 0 Å². The lowest BCUT2D eigenvalue weighted by Crippen LogP contribution is -2.51. The van der Waals surface area contributed by atoms with Gasteiger partial charge >= 0.3 is 6.03 Å². The Labute approximate surface area is 131 Å². The van der Waals surface area contributed by atoms with Crippen LogP contribution in [0.1, 0.15) is 27.2 Å². The number of likely N-dealkylation sites (tertiary alicyclic amines) is 1. The summed E-state index contributed by atoms with van der Waals surface area (Å²) in [5.41, 5.74) is 0.759. The molecule has 0 aliphatic carbocycles. The first kappa shape index (κ1) is 16.1. The molecule has 1 aliphatic heterocycles. The van der Waals surface area contributed by atoms with E-state index in [1.54, 1.807) is 29.2 Å². The lowest BCUT2D eigenvalue weighted by molar-refractivity contribution is -0.0107. The fourth-order valence-corrected chi connectivity index (χ4v) is 2.99. The Bertz CT molecular complexity index is 496. The molecule has 1 aliphatic rings. The molecule has 0 aromatic heterocycles. The van der Waals surface area contributed by atoms with E-state index in [4.69, 9.17) is 11.6 Å². The van der Waals surface area contributed by atoms with Crippen LogP contribution in [0.15, 0.2) is 24.3 Å². The van der Waals surface area contributed by atoms with Crippen LogP contribution in [0, 0.1) is 11.3 Å². The van der Waals surface area contributed by atoms with Crippen molar-refractivity contribution < 1.29 is 9.90 Å². The maximum absolute atomic E-state index is 12.2. The summed E-state index contributed by atoms with van der Waals surface area (Å²) >= 11 is 5.82. The lowest BCUT2D eigenvalue weighted by atomic mass is 9.74. The van der Waals surface area contributed by atoms with Gasteiger partial charge in [-0.15, -0.1) is 0 Å². The molecule has 0 unspecified atom stereocenters. The third kappa shape index (κ3) is 4.11. The maximum atomic E-state index is 12.2. The Hall–Kier alpha value is -1.26. The Morgan fingerprint density at radius 2 is 1.95 bits per heavy atom. The molecule has 1 aromatic carbocycles. The zero-order valence-electron chi connectivity index (χ0n) is 12.8. The monoisotopic (exact) mass is 310 g/mol. The molecule has 0 spiro atoms. The van der Waals surface area contributed by atoms with E-state index in [2.05, 4.69) is 26.1 Å². The molecule has 1 saturated heterocycles. The van der Waals surface area contributed by atoms with E-state index in [9.17, 15) is 9.90 Å². The van der Waals surface area contributed by atoms with Gasteiger partial charge in [0.05, 0.1) is 6.10 Å². The van der Waals surface area contributed by atoms with Gasteiger partial charge in [-0.3, -0.25) is 0 Å². The second-order valence-electron chi connectivity index (χ2n) is 6.71. The first-order valence-electron chi connectivity index (χ1n) is 7.27. The van der Waals surface area contributed by atoms with Crippen molar-refractivity contribution in [3.63, 3.8) is 0 Å². The highest BCUT2D eigenvalue weighted by Gasteiger charge is 2.36. The van der Waals surface area contributed by atoms with Gasteiger partial charge in [0, 0.05) is 23.8 Å². The van der Waals surface area contributed by atoms with Gasteiger partial charge in [-0.05, 0) is 42.0 Å². The van der Waals surface area contributed by atoms with E-state index in [1.165, 1.54) is 0 Å². The van der Waals surface area contributed by atoms with E-state index >= 15 is 0 Å². The second-order valence-corrected chi connectivity index (χ2v) is 7.15. The molecule has 2 rings (SSSR count). The number of rotatable bonds is 1. The molecule has 1 aromatic rings. The molecule has 5 heteroatoms. The van der Waals surface area contributed by atoms with Crippen molar-refractivity contribution in [3.05, 3.63) is 29.3 Å². The summed E-state index contributed by atoms with van der Waals surface area (Å²) in [4.78, 5) is 13.9. The Morgan fingerprint density at radius 3 is 2.48 bits per heavy atom. The Kier molecular flexibility index (Phi) is 4.79. The molecule has 1 heterocycles. The fraction of sp³-hybridized carbons (Fsp3) is 0.562. The highest BCUT2D eigenvalue weighted by molar-refractivity contribution is 6.30.